The highest BCUT2D eigenvalue weighted by Gasteiger charge is 2.10. The first-order valence-corrected chi connectivity index (χ1v) is 9.94. The Hall–Kier alpha value is -4.06. The number of aryl methyl sites for hydroxylation is 2. The molecular formula is C25H22N4O2. The maximum Gasteiger partial charge on any atom is 0.228 e. The second-order valence-electron chi connectivity index (χ2n) is 7.22. The highest BCUT2D eigenvalue weighted by molar-refractivity contribution is 5.92. The Balaban J connectivity index is 1.42. The standard InChI is InChI=1S/C25H22N4O2/c1-17-12-20(16-28-25(17)22-8-3-4-10-27-22)29-24(30)14-19-6-5-7-21(13-19)31-23-9-11-26-15-18(23)2/h3-13,15-16H,14H2,1-2H3,(H,29,30). The number of benzene rings is 1. The number of carbonyl (C=O) groups is 1. The number of nitrogens with one attached hydrogen (secondary N) is 1. The van der Waals surface area contributed by atoms with Gasteiger partial charge in [0.15, 0.2) is 0 Å². The summed E-state index contributed by atoms with van der Waals surface area (Å²) in [6, 6.07) is 16.9. The van der Waals surface area contributed by atoms with Gasteiger partial charge < -0.3 is 10.1 Å². The van der Waals surface area contributed by atoms with E-state index in [-0.39, 0.29) is 12.3 Å². The number of hydrogen-bond acceptors (Lipinski definition) is 5. The van der Waals surface area contributed by atoms with Gasteiger partial charge in [0.05, 0.1) is 29.7 Å². The van der Waals surface area contributed by atoms with E-state index in [2.05, 4.69) is 20.3 Å². The van der Waals surface area contributed by atoms with Crippen LogP contribution < -0.4 is 10.1 Å². The summed E-state index contributed by atoms with van der Waals surface area (Å²) in [6.07, 6.45) is 7.06. The van der Waals surface area contributed by atoms with Crippen LogP contribution in [0.25, 0.3) is 11.4 Å². The molecule has 0 aliphatic carbocycles. The van der Waals surface area contributed by atoms with Crippen LogP contribution >= 0.6 is 0 Å². The third-order valence-electron chi connectivity index (χ3n) is 4.73. The van der Waals surface area contributed by atoms with Gasteiger partial charge in [0, 0.05) is 24.2 Å². The molecule has 0 fully saturated rings. The molecule has 0 spiro atoms. The molecule has 4 rings (SSSR count). The van der Waals surface area contributed by atoms with Crippen molar-refractivity contribution in [3.63, 3.8) is 0 Å². The van der Waals surface area contributed by atoms with Crippen LogP contribution in [0.3, 0.4) is 0 Å². The molecular weight excluding hydrogens is 388 g/mol. The summed E-state index contributed by atoms with van der Waals surface area (Å²) in [5.74, 6) is 1.30. The van der Waals surface area contributed by atoms with Crippen molar-refractivity contribution in [2.24, 2.45) is 0 Å². The van der Waals surface area contributed by atoms with Crippen LogP contribution in [-0.4, -0.2) is 20.9 Å². The summed E-state index contributed by atoms with van der Waals surface area (Å²) in [6.45, 7) is 3.89. The lowest BCUT2D eigenvalue weighted by Crippen LogP contribution is -2.14. The molecule has 0 aliphatic heterocycles. The summed E-state index contributed by atoms with van der Waals surface area (Å²) in [7, 11) is 0. The van der Waals surface area contributed by atoms with Gasteiger partial charge >= 0.3 is 0 Å². The molecule has 6 nitrogen and oxygen atoms in total. The van der Waals surface area contributed by atoms with Gasteiger partial charge in [-0.05, 0) is 61.4 Å². The highest BCUT2D eigenvalue weighted by atomic mass is 16.5. The fourth-order valence-electron chi connectivity index (χ4n) is 3.23. The topological polar surface area (TPSA) is 77.0 Å². The van der Waals surface area contributed by atoms with Crippen LogP contribution in [0.15, 0.2) is 79.4 Å². The molecule has 0 atom stereocenters. The lowest BCUT2D eigenvalue weighted by atomic mass is 10.1. The molecule has 1 amide bonds. The van der Waals surface area contributed by atoms with Gasteiger partial charge in [0.25, 0.3) is 0 Å². The predicted octanol–water partition coefficient (Wildman–Crippen LogP) is 5.13. The van der Waals surface area contributed by atoms with E-state index in [1.165, 1.54) is 0 Å². The lowest BCUT2D eigenvalue weighted by molar-refractivity contribution is -0.115. The van der Waals surface area contributed by atoms with Gasteiger partial charge in [-0.25, -0.2) is 0 Å². The fourth-order valence-corrected chi connectivity index (χ4v) is 3.23. The van der Waals surface area contributed by atoms with Crippen LogP contribution in [0.2, 0.25) is 0 Å². The number of pyridine rings is 3. The third kappa shape index (κ3) is 5.11. The molecule has 0 saturated carbocycles. The minimum atomic E-state index is -0.121. The van der Waals surface area contributed by atoms with Gasteiger partial charge in [0.2, 0.25) is 5.91 Å². The van der Waals surface area contributed by atoms with Gasteiger partial charge in [-0.15, -0.1) is 0 Å². The second kappa shape index (κ2) is 9.17. The maximum atomic E-state index is 12.6. The van der Waals surface area contributed by atoms with Gasteiger partial charge in [-0.2, -0.15) is 0 Å². The van der Waals surface area contributed by atoms with E-state index >= 15 is 0 Å². The lowest BCUT2D eigenvalue weighted by Gasteiger charge is -2.11. The monoisotopic (exact) mass is 410 g/mol. The van der Waals surface area contributed by atoms with Crippen LogP contribution in [0.4, 0.5) is 5.69 Å². The van der Waals surface area contributed by atoms with Gasteiger partial charge in [0.1, 0.15) is 11.5 Å². The first-order chi connectivity index (χ1) is 15.1. The largest absolute Gasteiger partial charge is 0.457 e. The zero-order valence-electron chi connectivity index (χ0n) is 17.4. The van der Waals surface area contributed by atoms with E-state index < -0.39 is 0 Å². The van der Waals surface area contributed by atoms with E-state index in [0.717, 1.165) is 33.8 Å². The van der Waals surface area contributed by atoms with Crippen LogP contribution in [0.1, 0.15) is 16.7 Å². The van der Waals surface area contributed by atoms with Crippen molar-refractivity contribution < 1.29 is 9.53 Å². The van der Waals surface area contributed by atoms with E-state index in [9.17, 15) is 4.79 Å². The Bertz CT molecular complexity index is 1210. The number of nitrogens with zero attached hydrogens (tertiary/aromatic N) is 3. The molecule has 154 valence electrons. The number of aromatic nitrogens is 3. The second-order valence-corrected chi connectivity index (χ2v) is 7.22. The molecule has 1 aromatic carbocycles. The average molecular weight is 410 g/mol. The minimum Gasteiger partial charge on any atom is -0.457 e. The van der Waals surface area contributed by atoms with Crippen molar-refractivity contribution in [2.45, 2.75) is 20.3 Å². The Morgan fingerprint density at radius 3 is 2.61 bits per heavy atom. The third-order valence-corrected chi connectivity index (χ3v) is 4.73. The number of amides is 1. The minimum absolute atomic E-state index is 0.121. The molecule has 0 bridgehead atoms. The smallest absolute Gasteiger partial charge is 0.228 e. The van der Waals surface area contributed by atoms with Crippen molar-refractivity contribution in [1.82, 2.24) is 15.0 Å². The van der Waals surface area contributed by atoms with E-state index in [0.29, 0.717) is 11.4 Å². The number of rotatable bonds is 6. The summed E-state index contributed by atoms with van der Waals surface area (Å²) < 4.78 is 5.93. The molecule has 0 aliphatic rings. The normalized spacial score (nSPS) is 10.5. The van der Waals surface area contributed by atoms with Crippen LogP contribution in [0, 0.1) is 13.8 Å². The maximum absolute atomic E-state index is 12.6. The summed E-state index contributed by atoms with van der Waals surface area (Å²) in [5, 5.41) is 2.92. The van der Waals surface area contributed by atoms with Crippen molar-refractivity contribution in [3.05, 3.63) is 96.1 Å². The van der Waals surface area contributed by atoms with Gasteiger partial charge in [-0.1, -0.05) is 18.2 Å². The van der Waals surface area contributed by atoms with Crippen molar-refractivity contribution in [2.75, 3.05) is 5.32 Å². The molecule has 3 aromatic heterocycles. The average Bonchev–Trinajstić information content (AvgIpc) is 2.76. The number of carbonyl (C=O) groups excluding carboxylic acids is 1. The first kappa shape index (κ1) is 20.2. The van der Waals surface area contributed by atoms with Crippen LogP contribution in [0.5, 0.6) is 11.5 Å². The number of ether oxygens (including phenoxy) is 1. The van der Waals surface area contributed by atoms with Crippen LogP contribution in [-0.2, 0) is 11.2 Å². The number of anilines is 1. The Labute approximate surface area is 181 Å². The van der Waals surface area contributed by atoms with Crippen molar-refractivity contribution >= 4 is 11.6 Å². The number of hydrogen-bond donors (Lipinski definition) is 1. The molecule has 0 saturated heterocycles. The fraction of sp³-hybridized carbons (Fsp3) is 0.120. The highest BCUT2D eigenvalue weighted by Crippen LogP contribution is 2.25. The SMILES string of the molecule is Cc1cnccc1Oc1cccc(CC(=O)Nc2cnc(-c3ccccn3)c(C)c2)c1. The van der Waals surface area contributed by atoms with E-state index in [4.69, 9.17) is 4.74 Å². The van der Waals surface area contributed by atoms with E-state index in [1.807, 2.05) is 68.4 Å². The quantitative estimate of drug-likeness (QED) is 0.477. The Morgan fingerprint density at radius 2 is 1.84 bits per heavy atom. The summed E-state index contributed by atoms with van der Waals surface area (Å²) in [4.78, 5) is 25.5. The zero-order valence-corrected chi connectivity index (χ0v) is 17.4. The van der Waals surface area contributed by atoms with Gasteiger partial charge in [-0.3, -0.25) is 19.7 Å². The summed E-state index contributed by atoms with van der Waals surface area (Å²) >= 11 is 0. The molecule has 1 N–H and O–H groups in total. The molecule has 31 heavy (non-hydrogen) atoms. The predicted molar refractivity (Wildman–Crippen MR) is 120 cm³/mol. The molecule has 3 heterocycles. The first-order valence-electron chi connectivity index (χ1n) is 9.94. The zero-order chi connectivity index (χ0) is 21.6. The summed E-state index contributed by atoms with van der Waals surface area (Å²) in [5.41, 5.74) is 5.01. The molecule has 0 radical (unpaired) electrons. The molecule has 0 unspecified atom stereocenters. The van der Waals surface area contributed by atoms with Crippen molar-refractivity contribution in [1.29, 1.82) is 0 Å². The Morgan fingerprint density at radius 1 is 0.935 bits per heavy atom. The van der Waals surface area contributed by atoms with Crippen molar-refractivity contribution in [3.8, 4) is 22.9 Å². The Kier molecular flexibility index (Phi) is 5.98. The van der Waals surface area contributed by atoms with E-state index in [1.54, 1.807) is 24.8 Å². The molecule has 6 heteroatoms. The molecule has 4 aromatic rings.